The highest BCUT2D eigenvalue weighted by molar-refractivity contribution is 5.42. The number of pyridine rings is 1. The molecule has 108 valence electrons. The summed E-state index contributed by atoms with van der Waals surface area (Å²) in [6, 6.07) is 4.59. The second-order valence-corrected chi connectivity index (χ2v) is 4.73. The van der Waals surface area contributed by atoms with Crippen LogP contribution in [-0.2, 0) is 6.54 Å². The van der Waals surface area contributed by atoms with Gasteiger partial charge in [-0.15, -0.1) is 0 Å². The molecular formula is C15H27N3O. The maximum absolute atomic E-state index is 9.22. The number of aromatic nitrogens is 1. The molecule has 0 aliphatic rings. The van der Waals surface area contributed by atoms with E-state index in [9.17, 15) is 5.11 Å². The Bertz CT molecular complexity index is 353. The van der Waals surface area contributed by atoms with E-state index >= 15 is 0 Å². The number of aliphatic hydroxyl groups is 1. The van der Waals surface area contributed by atoms with Gasteiger partial charge in [-0.05, 0) is 31.9 Å². The molecule has 2 N–H and O–H groups in total. The maximum atomic E-state index is 9.22. The molecule has 0 unspecified atom stereocenters. The van der Waals surface area contributed by atoms with Gasteiger partial charge in [0.2, 0.25) is 0 Å². The highest BCUT2D eigenvalue weighted by Gasteiger charge is 2.15. The first kappa shape index (κ1) is 15.9. The van der Waals surface area contributed by atoms with Gasteiger partial charge in [0.25, 0.3) is 0 Å². The fourth-order valence-electron chi connectivity index (χ4n) is 2.41. The number of anilines is 1. The molecule has 0 amide bonds. The summed E-state index contributed by atoms with van der Waals surface area (Å²) in [4.78, 5) is 6.75. The summed E-state index contributed by atoms with van der Waals surface area (Å²) in [5.41, 5.74) is 2.17. The molecular weight excluding hydrogens is 238 g/mol. The minimum Gasteiger partial charge on any atom is -0.395 e. The van der Waals surface area contributed by atoms with Crippen LogP contribution in [-0.4, -0.2) is 40.7 Å². The molecule has 0 atom stereocenters. The third-order valence-corrected chi connectivity index (χ3v) is 3.41. The molecule has 1 rings (SSSR count). The van der Waals surface area contributed by atoms with Gasteiger partial charge in [0.05, 0.1) is 12.3 Å². The van der Waals surface area contributed by atoms with Crippen LogP contribution < -0.4 is 5.32 Å². The number of nitrogens with one attached hydrogen (secondary N) is 1. The maximum Gasteiger partial charge on any atom is 0.0564 e. The zero-order valence-electron chi connectivity index (χ0n) is 12.4. The lowest BCUT2D eigenvalue weighted by Crippen LogP contribution is -2.36. The van der Waals surface area contributed by atoms with Crippen LogP contribution in [0, 0.1) is 0 Å². The first-order valence-corrected chi connectivity index (χ1v) is 7.28. The van der Waals surface area contributed by atoms with Crippen LogP contribution in [0.1, 0.15) is 39.3 Å². The number of hydrogen-bond donors (Lipinski definition) is 2. The quantitative estimate of drug-likeness (QED) is 0.720. The summed E-state index contributed by atoms with van der Waals surface area (Å²) in [7, 11) is 0. The molecule has 0 radical (unpaired) electrons. The predicted octanol–water partition coefficient (Wildman–Crippen LogP) is 2.50. The zero-order valence-corrected chi connectivity index (χ0v) is 12.4. The third-order valence-electron chi connectivity index (χ3n) is 3.41. The van der Waals surface area contributed by atoms with Gasteiger partial charge in [0.15, 0.2) is 0 Å². The Labute approximate surface area is 116 Å². The van der Waals surface area contributed by atoms with E-state index in [0.29, 0.717) is 12.6 Å². The van der Waals surface area contributed by atoms with Gasteiger partial charge in [-0.25, -0.2) is 0 Å². The molecule has 4 nitrogen and oxygen atoms in total. The lowest BCUT2D eigenvalue weighted by molar-refractivity contribution is 0.135. The van der Waals surface area contributed by atoms with Crippen molar-refractivity contribution in [2.45, 2.75) is 46.2 Å². The summed E-state index contributed by atoms with van der Waals surface area (Å²) in [6.07, 6.45) is 4.05. The molecule has 0 spiro atoms. The Morgan fingerprint density at radius 2 is 2.05 bits per heavy atom. The van der Waals surface area contributed by atoms with Crippen LogP contribution in [0.25, 0.3) is 0 Å². The summed E-state index contributed by atoms with van der Waals surface area (Å²) < 4.78 is 0. The summed E-state index contributed by atoms with van der Waals surface area (Å²) in [6.45, 7) is 9.09. The number of nitrogens with zero attached hydrogens (tertiary/aromatic N) is 2. The molecule has 1 aromatic heterocycles. The molecule has 0 aliphatic heterocycles. The van der Waals surface area contributed by atoms with E-state index in [1.807, 2.05) is 12.3 Å². The number of rotatable bonds is 9. The highest BCUT2D eigenvalue weighted by Crippen LogP contribution is 2.14. The van der Waals surface area contributed by atoms with Crippen LogP contribution in [0.2, 0.25) is 0 Å². The monoisotopic (exact) mass is 265 g/mol. The average Bonchev–Trinajstić information content (AvgIpc) is 2.41. The summed E-state index contributed by atoms with van der Waals surface area (Å²) in [5, 5.41) is 12.5. The second-order valence-electron chi connectivity index (χ2n) is 4.73. The van der Waals surface area contributed by atoms with Gasteiger partial charge in [0.1, 0.15) is 0 Å². The molecule has 0 fully saturated rings. The smallest absolute Gasteiger partial charge is 0.0564 e. The van der Waals surface area contributed by atoms with Gasteiger partial charge in [-0.2, -0.15) is 0 Å². The van der Waals surface area contributed by atoms with Gasteiger partial charge in [-0.3, -0.25) is 9.88 Å². The lowest BCUT2D eigenvalue weighted by Gasteiger charge is -2.29. The van der Waals surface area contributed by atoms with Gasteiger partial charge in [-0.1, -0.05) is 13.8 Å². The minimum atomic E-state index is 0.198. The molecule has 0 saturated carbocycles. The van der Waals surface area contributed by atoms with Crippen molar-refractivity contribution in [3.05, 3.63) is 24.0 Å². The molecule has 0 bridgehead atoms. The summed E-state index contributed by atoms with van der Waals surface area (Å²) in [5.74, 6) is 0. The topological polar surface area (TPSA) is 48.4 Å². The largest absolute Gasteiger partial charge is 0.395 e. The fraction of sp³-hybridized carbons (Fsp3) is 0.667. The number of aliphatic hydroxyl groups excluding tert-OH is 1. The van der Waals surface area contributed by atoms with E-state index in [2.05, 4.69) is 42.0 Å². The number of hydrogen-bond acceptors (Lipinski definition) is 4. The first-order chi connectivity index (χ1) is 9.24. The molecule has 4 heteroatoms. The van der Waals surface area contributed by atoms with E-state index in [0.717, 1.165) is 37.3 Å². The molecule has 0 saturated heterocycles. The highest BCUT2D eigenvalue weighted by atomic mass is 16.3. The molecule has 0 aromatic carbocycles. The van der Waals surface area contributed by atoms with Crippen molar-refractivity contribution in [1.82, 2.24) is 9.88 Å². The van der Waals surface area contributed by atoms with Crippen molar-refractivity contribution in [2.24, 2.45) is 0 Å². The third kappa shape index (κ3) is 5.17. The van der Waals surface area contributed by atoms with Crippen LogP contribution in [0.4, 0.5) is 5.69 Å². The van der Waals surface area contributed by atoms with Crippen molar-refractivity contribution in [3.63, 3.8) is 0 Å². The van der Waals surface area contributed by atoms with Crippen molar-refractivity contribution in [2.75, 3.05) is 25.0 Å². The molecule has 19 heavy (non-hydrogen) atoms. The SMILES string of the molecule is CCNc1ccnc(CN(CCO)C(CC)CC)c1. The van der Waals surface area contributed by atoms with E-state index < -0.39 is 0 Å². The van der Waals surface area contributed by atoms with Crippen molar-refractivity contribution in [3.8, 4) is 0 Å². The summed E-state index contributed by atoms with van der Waals surface area (Å²) >= 11 is 0. The Hall–Kier alpha value is -1.13. The second kappa shape index (κ2) is 8.88. The predicted molar refractivity (Wildman–Crippen MR) is 80.3 cm³/mol. The van der Waals surface area contributed by atoms with Crippen molar-refractivity contribution < 1.29 is 5.11 Å². The Balaban J connectivity index is 2.74. The lowest BCUT2D eigenvalue weighted by atomic mass is 10.1. The van der Waals surface area contributed by atoms with Crippen LogP contribution in [0.3, 0.4) is 0 Å². The Kier molecular flexibility index (Phi) is 7.45. The van der Waals surface area contributed by atoms with Crippen LogP contribution in [0.5, 0.6) is 0 Å². The van der Waals surface area contributed by atoms with Gasteiger partial charge < -0.3 is 10.4 Å². The van der Waals surface area contributed by atoms with E-state index in [4.69, 9.17) is 0 Å². The van der Waals surface area contributed by atoms with Crippen molar-refractivity contribution in [1.29, 1.82) is 0 Å². The first-order valence-electron chi connectivity index (χ1n) is 7.28. The van der Waals surface area contributed by atoms with Crippen molar-refractivity contribution >= 4 is 5.69 Å². The van der Waals surface area contributed by atoms with Crippen LogP contribution in [0.15, 0.2) is 18.3 Å². The Morgan fingerprint density at radius 1 is 1.32 bits per heavy atom. The van der Waals surface area contributed by atoms with Gasteiger partial charge in [0, 0.05) is 37.6 Å². The zero-order chi connectivity index (χ0) is 14.1. The normalized spacial score (nSPS) is 11.3. The minimum absolute atomic E-state index is 0.198. The van der Waals surface area contributed by atoms with Crippen LogP contribution >= 0.6 is 0 Å². The Morgan fingerprint density at radius 3 is 2.63 bits per heavy atom. The standard InChI is InChI=1S/C15H27N3O/c1-4-15(5-2)18(9-10-19)12-14-11-13(16-6-3)7-8-17-14/h7-8,11,15,19H,4-6,9-10,12H2,1-3H3,(H,16,17). The molecule has 1 aromatic rings. The van der Waals surface area contributed by atoms with E-state index in [1.54, 1.807) is 0 Å². The molecule has 0 aliphatic carbocycles. The van der Waals surface area contributed by atoms with Gasteiger partial charge >= 0.3 is 0 Å². The molecule has 1 heterocycles. The average molecular weight is 265 g/mol. The van der Waals surface area contributed by atoms with E-state index in [-0.39, 0.29) is 6.61 Å². The van der Waals surface area contributed by atoms with E-state index in [1.165, 1.54) is 0 Å². The fourth-order valence-corrected chi connectivity index (χ4v) is 2.41.